The van der Waals surface area contributed by atoms with E-state index in [0.29, 0.717) is 12.5 Å². The van der Waals surface area contributed by atoms with E-state index in [2.05, 4.69) is 10.3 Å². The van der Waals surface area contributed by atoms with E-state index in [1.807, 2.05) is 31.4 Å². The summed E-state index contributed by atoms with van der Waals surface area (Å²) in [6, 6.07) is 5.94. The largest absolute Gasteiger partial charge is 0.496 e. The molecule has 2 N–H and O–H groups in total. The van der Waals surface area contributed by atoms with Crippen molar-refractivity contribution >= 4 is 16.9 Å². The van der Waals surface area contributed by atoms with E-state index in [1.165, 1.54) is 0 Å². The lowest BCUT2D eigenvalue weighted by molar-refractivity contribution is 0.0586. The molecule has 0 unspecified atom stereocenters. The Morgan fingerprint density at radius 1 is 1.40 bits per heavy atom. The standard InChI is InChI=1S/C19H27N3O3/c1-22(13-14-7-10-25-11-8-14)19(23)20-9-6-15-12-21-16-4-3-5-17(24-2)18(15)16/h3-5,12,14,21H,6-11,13H2,1-2H3,(H,20,23). The summed E-state index contributed by atoms with van der Waals surface area (Å²) in [7, 11) is 3.54. The molecule has 0 aliphatic carbocycles. The number of urea groups is 1. The molecule has 25 heavy (non-hydrogen) atoms. The Bertz CT molecular complexity index is 707. The summed E-state index contributed by atoms with van der Waals surface area (Å²) in [5.41, 5.74) is 2.21. The van der Waals surface area contributed by atoms with E-state index in [0.717, 1.165) is 61.2 Å². The van der Waals surface area contributed by atoms with Gasteiger partial charge >= 0.3 is 6.03 Å². The molecule has 3 rings (SSSR count). The predicted octanol–water partition coefficient (Wildman–Crippen LogP) is 2.79. The van der Waals surface area contributed by atoms with Crippen LogP contribution < -0.4 is 10.1 Å². The number of carbonyl (C=O) groups excluding carboxylic acids is 1. The van der Waals surface area contributed by atoms with E-state index in [4.69, 9.17) is 9.47 Å². The fourth-order valence-corrected chi connectivity index (χ4v) is 3.43. The van der Waals surface area contributed by atoms with E-state index in [9.17, 15) is 4.79 Å². The van der Waals surface area contributed by atoms with Gasteiger partial charge in [0.1, 0.15) is 5.75 Å². The van der Waals surface area contributed by atoms with Crippen LogP contribution in [0.1, 0.15) is 18.4 Å². The van der Waals surface area contributed by atoms with Gasteiger partial charge < -0.3 is 24.7 Å². The molecule has 1 fully saturated rings. The van der Waals surface area contributed by atoms with Gasteiger partial charge in [0.05, 0.1) is 7.11 Å². The number of aromatic nitrogens is 1. The Balaban J connectivity index is 1.51. The van der Waals surface area contributed by atoms with Crippen LogP contribution in [-0.4, -0.2) is 56.4 Å². The van der Waals surface area contributed by atoms with Gasteiger partial charge in [-0.1, -0.05) is 6.07 Å². The molecule has 6 heteroatoms. The molecule has 0 saturated carbocycles. The molecule has 0 atom stereocenters. The Morgan fingerprint density at radius 2 is 2.20 bits per heavy atom. The molecule has 136 valence electrons. The quantitative estimate of drug-likeness (QED) is 0.846. The molecular formula is C19H27N3O3. The number of fused-ring (bicyclic) bond motifs is 1. The lowest BCUT2D eigenvalue weighted by atomic mass is 10.00. The van der Waals surface area contributed by atoms with Gasteiger partial charge in [-0.25, -0.2) is 4.79 Å². The molecular weight excluding hydrogens is 318 g/mol. The minimum Gasteiger partial charge on any atom is -0.496 e. The number of aromatic amines is 1. The minimum atomic E-state index is -0.0155. The Kier molecular flexibility index (Phi) is 5.81. The number of rotatable bonds is 6. The van der Waals surface area contributed by atoms with Crippen LogP contribution in [0, 0.1) is 5.92 Å². The number of methoxy groups -OCH3 is 1. The minimum absolute atomic E-state index is 0.0155. The molecule has 1 aliphatic rings. The Morgan fingerprint density at radius 3 is 2.96 bits per heavy atom. The average molecular weight is 345 g/mol. The van der Waals surface area contributed by atoms with Crippen molar-refractivity contribution in [2.24, 2.45) is 5.92 Å². The number of carbonyl (C=O) groups is 1. The van der Waals surface area contributed by atoms with Crippen LogP contribution in [0.25, 0.3) is 10.9 Å². The molecule has 1 aromatic carbocycles. The van der Waals surface area contributed by atoms with Gasteiger partial charge in [0.15, 0.2) is 0 Å². The topological polar surface area (TPSA) is 66.6 Å². The molecule has 1 saturated heterocycles. The van der Waals surface area contributed by atoms with Crippen LogP contribution in [-0.2, 0) is 11.2 Å². The number of amides is 2. The fraction of sp³-hybridized carbons (Fsp3) is 0.526. The average Bonchev–Trinajstić information content (AvgIpc) is 3.05. The van der Waals surface area contributed by atoms with Gasteiger partial charge in [0, 0.05) is 50.5 Å². The third-order valence-corrected chi connectivity index (χ3v) is 4.86. The van der Waals surface area contributed by atoms with Gasteiger partial charge in [-0.15, -0.1) is 0 Å². The highest BCUT2D eigenvalue weighted by molar-refractivity contribution is 5.89. The second-order valence-electron chi connectivity index (χ2n) is 6.61. The first-order valence-electron chi connectivity index (χ1n) is 8.88. The monoisotopic (exact) mass is 345 g/mol. The molecule has 0 radical (unpaired) electrons. The summed E-state index contributed by atoms with van der Waals surface area (Å²) in [5.74, 6) is 1.40. The van der Waals surface area contributed by atoms with Gasteiger partial charge in [0.25, 0.3) is 0 Å². The number of nitrogens with one attached hydrogen (secondary N) is 2. The molecule has 2 aromatic rings. The molecule has 0 spiro atoms. The van der Waals surface area contributed by atoms with Crippen LogP contribution in [0.15, 0.2) is 24.4 Å². The molecule has 1 aromatic heterocycles. The zero-order chi connectivity index (χ0) is 17.6. The number of ether oxygens (including phenoxy) is 2. The van der Waals surface area contributed by atoms with Crippen molar-refractivity contribution in [3.63, 3.8) is 0 Å². The maximum atomic E-state index is 12.3. The van der Waals surface area contributed by atoms with Crippen LogP contribution in [0.2, 0.25) is 0 Å². The normalized spacial score (nSPS) is 15.3. The Labute approximate surface area is 148 Å². The van der Waals surface area contributed by atoms with Gasteiger partial charge in [-0.05, 0) is 42.9 Å². The number of hydrogen-bond donors (Lipinski definition) is 2. The summed E-state index contributed by atoms with van der Waals surface area (Å²) < 4.78 is 10.8. The number of H-pyrrole nitrogens is 1. The highest BCUT2D eigenvalue weighted by Gasteiger charge is 2.18. The summed E-state index contributed by atoms with van der Waals surface area (Å²) in [6.07, 6.45) is 4.82. The maximum Gasteiger partial charge on any atom is 0.317 e. The van der Waals surface area contributed by atoms with Crippen molar-refractivity contribution in [3.05, 3.63) is 30.0 Å². The van der Waals surface area contributed by atoms with E-state index in [1.54, 1.807) is 12.0 Å². The van der Waals surface area contributed by atoms with Crippen LogP contribution in [0.3, 0.4) is 0 Å². The second-order valence-corrected chi connectivity index (χ2v) is 6.61. The fourth-order valence-electron chi connectivity index (χ4n) is 3.43. The van der Waals surface area contributed by atoms with Gasteiger partial charge in [0.2, 0.25) is 0 Å². The van der Waals surface area contributed by atoms with Crippen molar-refractivity contribution in [2.75, 3.05) is 40.5 Å². The van der Waals surface area contributed by atoms with Crippen molar-refractivity contribution < 1.29 is 14.3 Å². The molecule has 0 bridgehead atoms. The summed E-state index contributed by atoms with van der Waals surface area (Å²) in [5, 5.41) is 4.11. The molecule has 6 nitrogen and oxygen atoms in total. The predicted molar refractivity (Wildman–Crippen MR) is 98.1 cm³/mol. The highest BCUT2D eigenvalue weighted by atomic mass is 16.5. The van der Waals surface area contributed by atoms with Crippen LogP contribution in [0.4, 0.5) is 4.79 Å². The summed E-state index contributed by atoms with van der Waals surface area (Å²) in [6.45, 7) is 3.00. The van der Waals surface area contributed by atoms with E-state index < -0.39 is 0 Å². The van der Waals surface area contributed by atoms with Crippen molar-refractivity contribution in [1.29, 1.82) is 0 Å². The van der Waals surface area contributed by atoms with Crippen molar-refractivity contribution in [3.8, 4) is 5.75 Å². The zero-order valence-electron chi connectivity index (χ0n) is 15.0. The summed E-state index contributed by atoms with van der Waals surface area (Å²) >= 11 is 0. The number of hydrogen-bond acceptors (Lipinski definition) is 3. The summed E-state index contributed by atoms with van der Waals surface area (Å²) in [4.78, 5) is 17.3. The molecule has 2 amide bonds. The zero-order valence-corrected chi connectivity index (χ0v) is 15.0. The SMILES string of the molecule is COc1cccc2[nH]cc(CCNC(=O)N(C)CC3CCOCC3)c12. The van der Waals surface area contributed by atoms with Crippen molar-refractivity contribution in [2.45, 2.75) is 19.3 Å². The number of benzene rings is 1. The first-order chi connectivity index (χ1) is 12.2. The van der Waals surface area contributed by atoms with E-state index in [-0.39, 0.29) is 6.03 Å². The lowest BCUT2D eigenvalue weighted by Gasteiger charge is -2.27. The first-order valence-corrected chi connectivity index (χ1v) is 8.88. The highest BCUT2D eigenvalue weighted by Crippen LogP contribution is 2.28. The van der Waals surface area contributed by atoms with Crippen LogP contribution >= 0.6 is 0 Å². The molecule has 2 heterocycles. The number of nitrogens with zero attached hydrogens (tertiary/aromatic N) is 1. The maximum absolute atomic E-state index is 12.3. The third-order valence-electron chi connectivity index (χ3n) is 4.86. The smallest absolute Gasteiger partial charge is 0.317 e. The van der Waals surface area contributed by atoms with Gasteiger partial charge in [-0.3, -0.25) is 0 Å². The van der Waals surface area contributed by atoms with Gasteiger partial charge in [-0.2, -0.15) is 0 Å². The lowest BCUT2D eigenvalue weighted by Crippen LogP contribution is -2.41. The van der Waals surface area contributed by atoms with Crippen molar-refractivity contribution in [1.82, 2.24) is 15.2 Å². The Hall–Kier alpha value is -2.21. The van der Waals surface area contributed by atoms with Crippen LogP contribution in [0.5, 0.6) is 5.75 Å². The first kappa shape index (κ1) is 17.6. The third kappa shape index (κ3) is 4.25. The molecule has 1 aliphatic heterocycles. The van der Waals surface area contributed by atoms with E-state index >= 15 is 0 Å². The second kappa shape index (κ2) is 8.25.